The fraction of sp³-hybridized carbons (Fsp3) is 0.333. The fourth-order valence-electron chi connectivity index (χ4n) is 2.16. The lowest BCUT2D eigenvalue weighted by molar-refractivity contribution is 0.503. The molecule has 2 heterocycles. The lowest BCUT2D eigenvalue weighted by Crippen LogP contribution is -2.46. The highest BCUT2D eigenvalue weighted by Crippen LogP contribution is 2.30. The highest BCUT2D eigenvalue weighted by atomic mass is 35.5. The molecule has 1 aliphatic heterocycles. The Bertz CT molecular complexity index is 514. The smallest absolute Gasteiger partial charge is 0.223 e. The molecule has 0 radical (unpaired) electrons. The van der Waals surface area contributed by atoms with E-state index in [0.717, 1.165) is 24.1 Å². The van der Waals surface area contributed by atoms with E-state index in [0.29, 0.717) is 5.92 Å². The summed E-state index contributed by atoms with van der Waals surface area (Å²) in [5.41, 5.74) is 1.34. The summed E-state index contributed by atoms with van der Waals surface area (Å²) in [7, 11) is 1.91. The Hall–Kier alpha value is -1.55. The quantitative estimate of drug-likeness (QED) is 0.816. The Kier molecular flexibility index (Phi) is 2.52. The van der Waals surface area contributed by atoms with E-state index in [4.69, 9.17) is 11.6 Å². The van der Waals surface area contributed by atoms with E-state index in [2.05, 4.69) is 27.1 Å². The van der Waals surface area contributed by atoms with Gasteiger partial charge in [-0.3, -0.25) is 0 Å². The van der Waals surface area contributed by atoms with Gasteiger partial charge in [0.1, 0.15) is 6.33 Å². The SMILES string of the molecule is Cn1ncnc1N1CC(c2ccc(Cl)cc2)C1. The Labute approximate surface area is 105 Å². The molecule has 1 aliphatic rings. The van der Waals surface area contributed by atoms with Crippen LogP contribution in [0.2, 0.25) is 5.02 Å². The average molecular weight is 249 g/mol. The van der Waals surface area contributed by atoms with E-state index in [1.165, 1.54) is 5.56 Å². The lowest BCUT2D eigenvalue weighted by Gasteiger charge is -2.39. The Morgan fingerprint density at radius 1 is 1.24 bits per heavy atom. The zero-order valence-electron chi connectivity index (χ0n) is 9.55. The number of halogens is 1. The highest BCUT2D eigenvalue weighted by Gasteiger charge is 2.30. The van der Waals surface area contributed by atoms with Crippen molar-refractivity contribution in [2.45, 2.75) is 5.92 Å². The maximum Gasteiger partial charge on any atom is 0.223 e. The first-order chi connectivity index (χ1) is 8.24. The molecule has 1 fully saturated rings. The summed E-state index contributed by atoms with van der Waals surface area (Å²) >= 11 is 5.88. The van der Waals surface area contributed by atoms with Gasteiger partial charge in [0.15, 0.2) is 0 Å². The van der Waals surface area contributed by atoms with Crippen LogP contribution in [0.3, 0.4) is 0 Å². The van der Waals surface area contributed by atoms with Crippen molar-refractivity contribution in [3.63, 3.8) is 0 Å². The lowest BCUT2D eigenvalue weighted by atomic mass is 9.92. The number of hydrogen-bond donors (Lipinski definition) is 0. The standard InChI is InChI=1S/C12H13ClN4/c1-16-12(14-8-15-16)17-6-10(7-17)9-2-4-11(13)5-3-9/h2-5,8,10H,6-7H2,1H3. The molecule has 3 rings (SSSR count). The molecule has 0 saturated carbocycles. The van der Waals surface area contributed by atoms with Crippen LogP contribution in [0.5, 0.6) is 0 Å². The van der Waals surface area contributed by atoms with Gasteiger partial charge in [0, 0.05) is 31.1 Å². The molecule has 0 bridgehead atoms. The highest BCUT2D eigenvalue weighted by molar-refractivity contribution is 6.30. The van der Waals surface area contributed by atoms with Gasteiger partial charge < -0.3 is 4.90 Å². The molecule has 5 heteroatoms. The van der Waals surface area contributed by atoms with Crippen LogP contribution >= 0.6 is 11.6 Å². The summed E-state index contributed by atoms with van der Waals surface area (Å²) in [6.07, 6.45) is 1.59. The summed E-state index contributed by atoms with van der Waals surface area (Å²) in [4.78, 5) is 6.47. The van der Waals surface area contributed by atoms with Crippen LogP contribution in [0, 0.1) is 0 Å². The molecule has 0 amide bonds. The monoisotopic (exact) mass is 248 g/mol. The van der Waals surface area contributed by atoms with Gasteiger partial charge in [-0.15, -0.1) is 0 Å². The zero-order chi connectivity index (χ0) is 11.8. The molecule has 0 atom stereocenters. The largest absolute Gasteiger partial charge is 0.340 e. The number of anilines is 1. The second-order valence-corrected chi connectivity index (χ2v) is 4.77. The number of hydrogen-bond acceptors (Lipinski definition) is 3. The van der Waals surface area contributed by atoms with Crippen molar-refractivity contribution in [2.24, 2.45) is 7.05 Å². The van der Waals surface area contributed by atoms with Crippen molar-refractivity contribution in [1.29, 1.82) is 0 Å². The average Bonchev–Trinajstić information content (AvgIpc) is 2.66. The van der Waals surface area contributed by atoms with Gasteiger partial charge in [-0.1, -0.05) is 23.7 Å². The van der Waals surface area contributed by atoms with Crippen molar-refractivity contribution >= 4 is 17.5 Å². The fourth-order valence-corrected chi connectivity index (χ4v) is 2.29. The van der Waals surface area contributed by atoms with E-state index in [9.17, 15) is 0 Å². The molecule has 4 nitrogen and oxygen atoms in total. The normalized spacial score (nSPS) is 16.0. The van der Waals surface area contributed by atoms with Gasteiger partial charge >= 0.3 is 0 Å². The number of aryl methyl sites for hydroxylation is 1. The van der Waals surface area contributed by atoms with E-state index in [-0.39, 0.29) is 0 Å². The maximum absolute atomic E-state index is 5.88. The Balaban J connectivity index is 1.69. The predicted molar refractivity (Wildman–Crippen MR) is 67.4 cm³/mol. The van der Waals surface area contributed by atoms with E-state index >= 15 is 0 Å². The molecule has 0 unspecified atom stereocenters. The van der Waals surface area contributed by atoms with Gasteiger partial charge in [0.2, 0.25) is 5.95 Å². The van der Waals surface area contributed by atoms with Crippen molar-refractivity contribution in [3.8, 4) is 0 Å². The molecule has 0 aliphatic carbocycles. The summed E-state index contributed by atoms with van der Waals surface area (Å²) in [6.45, 7) is 1.99. The minimum absolute atomic E-state index is 0.573. The summed E-state index contributed by atoms with van der Waals surface area (Å²) in [5.74, 6) is 1.51. The van der Waals surface area contributed by atoms with Gasteiger partial charge in [-0.2, -0.15) is 10.1 Å². The van der Waals surface area contributed by atoms with Crippen LogP contribution in [0.15, 0.2) is 30.6 Å². The van der Waals surface area contributed by atoms with Gasteiger partial charge in [-0.25, -0.2) is 4.68 Å². The van der Waals surface area contributed by atoms with Crippen LogP contribution in [0.25, 0.3) is 0 Å². The number of rotatable bonds is 2. The Morgan fingerprint density at radius 2 is 1.94 bits per heavy atom. The second-order valence-electron chi connectivity index (χ2n) is 4.34. The molecular weight excluding hydrogens is 236 g/mol. The molecule has 1 saturated heterocycles. The van der Waals surface area contributed by atoms with Crippen LogP contribution in [0.1, 0.15) is 11.5 Å². The third-order valence-corrected chi connectivity index (χ3v) is 3.45. The molecule has 0 N–H and O–H groups in total. The zero-order valence-corrected chi connectivity index (χ0v) is 10.3. The third-order valence-electron chi connectivity index (χ3n) is 3.19. The van der Waals surface area contributed by atoms with Crippen LogP contribution < -0.4 is 4.90 Å². The van der Waals surface area contributed by atoms with Crippen molar-refractivity contribution in [2.75, 3.05) is 18.0 Å². The maximum atomic E-state index is 5.88. The molecule has 88 valence electrons. The van der Waals surface area contributed by atoms with E-state index in [1.54, 1.807) is 11.0 Å². The summed E-state index contributed by atoms with van der Waals surface area (Å²) in [6, 6.07) is 8.09. The molecule has 2 aromatic rings. The van der Waals surface area contributed by atoms with Gasteiger partial charge in [-0.05, 0) is 17.7 Å². The van der Waals surface area contributed by atoms with Crippen molar-refractivity contribution < 1.29 is 0 Å². The topological polar surface area (TPSA) is 34.0 Å². The van der Waals surface area contributed by atoms with E-state index in [1.807, 2.05) is 19.2 Å². The summed E-state index contributed by atoms with van der Waals surface area (Å²) < 4.78 is 1.80. The number of aromatic nitrogens is 3. The molecule has 1 aromatic carbocycles. The first kappa shape index (κ1) is 10.6. The predicted octanol–water partition coefficient (Wildman–Crippen LogP) is 2.07. The molecule has 0 spiro atoms. The minimum atomic E-state index is 0.573. The van der Waals surface area contributed by atoms with Crippen molar-refractivity contribution in [1.82, 2.24) is 14.8 Å². The van der Waals surface area contributed by atoms with Gasteiger partial charge in [0.25, 0.3) is 0 Å². The van der Waals surface area contributed by atoms with Crippen LogP contribution in [-0.2, 0) is 7.05 Å². The first-order valence-electron chi connectivity index (χ1n) is 5.58. The first-order valence-corrected chi connectivity index (χ1v) is 5.96. The van der Waals surface area contributed by atoms with Gasteiger partial charge in [0.05, 0.1) is 0 Å². The molecule has 17 heavy (non-hydrogen) atoms. The number of benzene rings is 1. The van der Waals surface area contributed by atoms with E-state index < -0.39 is 0 Å². The third kappa shape index (κ3) is 1.89. The Morgan fingerprint density at radius 3 is 2.53 bits per heavy atom. The molecular formula is C12H13ClN4. The second kappa shape index (κ2) is 4.04. The molecule has 1 aromatic heterocycles. The van der Waals surface area contributed by atoms with Crippen LogP contribution in [-0.4, -0.2) is 27.9 Å². The summed E-state index contributed by atoms with van der Waals surface area (Å²) in [5, 5.41) is 4.87. The minimum Gasteiger partial charge on any atom is -0.340 e. The van der Waals surface area contributed by atoms with Crippen molar-refractivity contribution in [3.05, 3.63) is 41.2 Å². The van der Waals surface area contributed by atoms with Crippen LogP contribution in [0.4, 0.5) is 5.95 Å². The number of nitrogens with zero attached hydrogens (tertiary/aromatic N) is 4.